The van der Waals surface area contributed by atoms with Gasteiger partial charge in [0.2, 0.25) is 17.7 Å². The van der Waals surface area contributed by atoms with Gasteiger partial charge in [-0.15, -0.1) is 11.8 Å². The SMILES string of the molecule is Cc1ccc(C(=O)Nc2ccc(CN3CCN(C(=O)CCCCSc4cccc5c4C(=O)N(C4CCC(=O)NC4=O)C5=O)CC3)c(C(F)(F)F)c2)cc1C#Cc1cnc2cccnn12. The number of imide groups is 2. The number of piperidine rings is 1. The molecule has 18 heteroatoms. The van der Waals surface area contributed by atoms with Crippen LogP contribution in [-0.2, 0) is 27.1 Å². The number of piperazine rings is 1. The lowest BCUT2D eigenvalue weighted by Crippen LogP contribution is -2.54. The van der Waals surface area contributed by atoms with Gasteiger partial charge < -0.3 is 10.2 Å². The number of thioether (sulfide) groups is 1. The van der Waals surface area contributed by atoms with E-state index in [4.69, 9.17) is 0 Å². The summed E-state index contributed by atoms with van der Waals surface area (Å²) in [5.41, 5.74) is 2.41. The number of aromatic nitrogens is 3. The predicted molar refractivity (Wildman–Crippen MR) is 229 cm³/mol. The minimum Gasteiger partial charge on any atom is -0.340 e. The highest BCUT2D eigenvalue weighted by atomic mass is 32.2. The molecule has 8 rings (SSSR count). The predicted octanol–water partition coefficient (Wildman–Crippen LogP) is 5.72. The largest absolute Gasteiger partial charge is 0.416 e. The third kappa shape index (κ3) is 9.41. The average molecular weight is 891 g/mol. The molecule has 3 aliphatic rings. The number of unbranched alkanes of at least 4 members (excludes halogenated alkanes) is 1. The number of carbonyl (C=O) groups is 6. The van der Waals surface area contributed by atoms with Crippen LogP contribution in [0.5, 0.6) is 0 Å². The number of aryl methyl sites for hydroxylation is 1. The molecular weight excluding hydrogens is 850 g/mol. The van der Waals surface area contributed by atoms with E-state index in [-0.39, 0.29) is 59.7 Å². The van der Waals surface area contributed by atoms with Crippen molar-refractivity contribution in [2.45, 2.75) is 62.7 Å². The third-order valence-corrected chi connectivity index (χ3v) is 12.5. The second-order valence-electron chi connectivity index (χ2n) is 15.6. The van der Waals surface area contributed by atoms with Gasteiger partial charge in [-0.3, -0.25) is 43.9 Å². The quantitative estimate of drug-likeness (QED) is 0.0726. The van der Waals surface area contributed by atoms with Crippen molar-refractivity contribution < 1.29 is 41.9 Å². The molecule has 0 saturated carbocycles. The Morgan fingerprint density at radius 1 is 0.938 bits per heavy atom. The number of anilines is 1. The first kappa shape index (κ1) is 43.8. The molecule has 1 unspecified atom stereocenters. The summed E-state index contributed by atoms with van der Waals surface area (Å²) in [7, 11) is 0. The van der Waals surface area contributed by atoms with Crippen LogP contribution in [0.15, 0.2) is 84.0 Å². The minimum absolute atomic E-state index is 0.00683. The van der Waals surface area contributed by atoms with Gasteiger partial charge in [0, 0.05) is 73.5 Å². The van der Waals surface area contributed by atoms with E-state index in [1.165, 1.54) is 23.9 Å². The number of nitrogens with one attached hydrogen (secondary N) is 2. The van der Waals surface area contributed by atoms with Crippen molar-refractivity contribution in [2.24, 2.45) is 0 Å². The summed E-state index contributed by atoms with van der Waals surface area (Å²) in [4.78, 5) is 86.3. The van der Waals surface area contributed by atoms with Crippen molar-refractivity contribution in [3.8, 4) is 11.8 Å². The van der Waals surface area contributed by atoms with Crippen LogP contribution < -0.4 is 10.6 Å². The minimum atomic E-state index is -4.69. The van der Waals surface area contributed by atoms with E-state index in [0.29, 0.717) is 66.6 Å². The highest BCUT2D eigenvalue weighted by Gasteiger charge is 2.45. The molecule has 0 spiro atoms. The first-order valence-electron chi connectivity index (χ1n) is 20.7. The van der Waals surface area contributed by atoms with Crippen LogP contribution in [0.3, 0.4) is 0 Å². The summed E-state index contributed by atoms with van der Waals surface area (Å²) in [5, 5.41) is 9.04. The van der Waals surface area contributed by atoms with Gasteiger partial charge >= 0.3 is 6.18 Å². The monoisotopic (exact) mass is 890 g/mol. The fourth-order valence-electron chi connectivity index (χ4n) is 7.92. The summed E-state index contributed by atoms with van der Waals surface area (Å²) in [5.74, 6) is 3.73. The Morgan fingerprint density at radius 2 is 1.75 bits per heavy atom. The summed E-state index contributed by atoms with van der Waals surface area (Å²) < 4.78 is 44.8. The van der Waals surface area contributed by atoms with Crippen molar-refractivity contribution in [2.75, 3.05) is 37.2 Å². The van der Waals surface area contributed by atoms with Crippen molar-refractivity contribution in [3.05, 3.63) is 124 Å². The van der Waals surface area contributed by atoms with Crippen molar-refractivity contribution in [1.82, 2.24) is 34.6 Å². The maximum atomic E-state index is 14.4. The summed E-state index contributed by atoms with van der Waals surface area (Å²) in [6, 6.07) is 16.1. The molecule has 5 heterocycles. The number of alkyl halides is 3. The maximum absolute atomic E-state index is 14.4. The van der Waals surface area contributed by atoms with E-state index >= 15 is 0 Å². The van der Waals surface area contributed by atoms with E-state index < -0.39 is 47.3 Å². The second-order valence-corrected chi connectivity index (χ2v) is 16.8. The van der Waals surface area contributed by atoms with E-state index in [1.807, 2.05) is 11.8 Å². The highest BCUT2D eigenvalue weighted by molar-refractivity contribution is 7.99. The number of hydrogen-bond donors (Lipinski definition) is 2. The number of hydrogen-bond acceptors (Lipinski definition) is 10. The maximum Gasteiger partial charge on any atom is 0.416 e. The van der Waals surface area contributed by atoms with E-state index in [1.54, 1.807) is 70.3 Å². The van der Waals surface area contributed by atoms with Crippen molar-refractivity contribution >= 4 is 58.5 Å². The number of fused-ring (bicyclic) bond motifs is 2. The Bertz CT molecular complexity index is 2770. The number of amides is 6. The summed E-state index contributed by atoms with van der Waals surface area (Å²) in [6.45, 7) is 3.33. The lowest BCUT2D eigenvalue weighted by molar-refractivity contribution is -0.139. The van der Waals surface area contributed by atoms with Crippen LogP contribution in [0, 0.1) is 18.8 Å². The van der Waals surface area contributed by atoms with Crippen molar-refractivity contribution in [1.29, 1.82) is 0 Å². The zero-order chi connectivity index (χ0) is 45.1. The van der Waals surface area contributed by atoms with Crippen molar-refractivity contribution in [3.63, 3.8) is 0 Å². The zero-order valence-corrected chi connectivity index (χ0v) is 35.4. The number of benzene rings is 3. The highest BCUT2D eigenvalue weighted by Crippen LogP contribution is 2.36. The van der Waals surface area contributed by atoms with Gasteiger partial charge in [0.15, 0.2) is 5.65 Å². The molecule has 0 bridgehead atoms. The summed E-state index contributed by atoms with van der Waals surface area (Å²) in [6.07, 6.45) is 0.101. The Hall–Kier alpha value is -6.84. The fraction of sp³-hybridized carbons (Fsp3) is 0.304. The van der Waals surface area contributed by atoms with Gasteiger partial charge in [-0.25, -0.2) is 9.50 Å². The molecule has 3 aliphatic heterocycles. The number of nitrogens with zero attached hydrogens (tertiary/aromatic N) is 6. The van der Waals surface area contributed by atoms with Gasteiger partial charge in [-0.05, 0) is 97.5 Å². The fourth-order valence-corrected chi connectivity index (χ4v) is 9.01. The van der Waals surface area contributed by atoms with Gasteiger partial charge in [0.05, 0.1) is 22.9 Å². The first-order valence-corrected chi connectivity index (χ1v) is 21.6. The topological polar surface area (TPSA) is 166 Å². The smallest absolute Gasteiger partial charge is 0.340 e. The molecule has 2 saturated heterocycles. The molecule has 2 fully saturated rings. The van der Waals surface area contributed by atoms with Crippen LogP contribution in [0.1, 0.15) is 91.1 Å². The van der Waals surface area contributed by atoms with Gasteiger partial charge in [-0.1, -0.05) is 24.1 Å². The van der Waals surface area contributed by atoms with Gasteiger partial charge in [0.25, 0.3) is 17.7 Å². The zero-order valence-electron chi connectivity index (χ0n) is 34.5. The Balaban J connectivity index is 0.809. The number of carbonyl (C=O) groups excluding carboxylic acids is 6. The molecule has 0 aliphatic carbocycles. The van der Waals surface area contributed by atoms with E-state index in [9.17, 15) is 41.9 Å². The molecule has 1 atom stereocenters. The molecule has 2 aromatic heterocycles. The molecule has 64 heavy (non-hydrogen) atoms. The molecule has 328 valence electrons. The molecular formula is C46H41F3N8O6S. The molecule has 0 radical (unpaired) electrons. The van der Waals surface area contributed by atoms with Crippen LogP contribution in [0.25, 0.3) is 5.65 Å². The van der Waals surface area contributed by atoms with Gasteiger partial charge in [-0.2, -0.15) is 18.3 Å². The van der Waals surface area contributed by atoms with E-state index in [2.05, 4.69) is 32.6 Å². The summed E-state index contributed by atoms with van der Waals surface area (Å²) >= 11 is 1.38. The molecule has 3 aromatic carbocycles. The third-order valence-electron chi connectivity index (χ3n) is 11.4. The molecule has 6 amide bonds. The lowest BCUT2D eigenvalue weighted by Gasteiger charge is -2.35. The molecule has 14 nitrogen and oxygen atoms in total. The normalized spacial score (nSPS) is 16.7. The average Bonchev–Trinajstić information content (AvgIpc) is 3.80. The lowest BCUT2D eigenvalue weighted by atomic mass is 10.0. The van der Waals surface area contributed by atoms with Gasteiger partial charge in [0.1, 0.15) is 11.7 Å². The Morgan fingerprint density at radius 3 is 2.53 bits per heavy atom. The van der Waals surface area contributed by atoms with Crippen LogP contribution in [0.2, 0.25) is 0 Å². The van der Waals surface area contributed by atoms with Crippen LogP contribution in [-0.4, -0.2) is 103 Å². The Labute approximate surface area is 369 Å². The second kappa shape index (κ2) is 18.5. The Kier molecular flexibility index (Phi) is 12.6. The number of rotatable bonds is 11. The molecule has 5 aromatic rings. The van der Waals surface area contributed by atoms with E-state index in [0.717, 1.165) is 16.5 Å². The molecule has 2 N–H and O–H groups in total. The standard InChI is InChI=1S/C46H41F3N8O6S/c1-28-10-11-30(24-29(28)13-15-33-26-50-38-8-5-18-51-57(33)38)42(60)52-32-14-12-31(35(25-32)46(47,48)49)27-54-19-21-55(22-20-54)40(59)9-2-3-23-64-37-7-4-6-34-41(37)45(63)56(44(34)62)36-16-17-39(58)53-43(36)61/h4-8,10-12,14,18,24-26,36H,2-3,9,16-17,19-23,27H2,1H3,(H,52,60)(H,53,58,61). The number of imidazole rings is 1. The van der Waals surface area contributed by atoms with Crippen LogP contribution in [0.4, 0.5) is 18.9 Å². The van der Waals surface area contributed by atoms with Crippen LogP contribution >= 0.6 is 11.8 Å². The number of halogens is 3. The first-order chi connectivity index (χ1) is 30.7.